The number of rotatable bonds is 20. The number of nitrogens with zero attached hydrogens (tertiary/aromatic N) is 3. The number of nitrogens with one attached hydrogen (secondary N) is 5. The van der Waals surface area contributed by atoms with Crippen LogP contribution in [0.4, 0.5) is 8.78 Å². The first kappa shape index (κ1) is 60.0. The summed E-state index contributed by atoms with van der Waals surface area (Å²) in [6.07, 6.45) is 4.02. The molecule has 21 nitrogen and oxygen atoms in total. The summed E-state index contributed by atoms with van der Waals surface area (Å²) in [4.78, 5) is 147. The van der Waals surface area contributed by atoms with E-state index in [1.54, 1.807) is 12.1 Å². The Morgan fingerprint density at radius 1 is 0.821 bits per heavy atom. The molecular weight excluding hydrogens is 1110 g/mol. The minimum atomic E-state index is -5.93. The van der Waals surface area contributed by atoms with Crippen LogP contribution in [-0.4, -0.2) is 126 Å². The van der Waals surface area contributed by atoms with Gasteiger partial charge in [-0.05, 0) is 98.0 Å². The van der Waals surface area contributed by atoms with E-state index in [1.165, 1.54) is 20.8 Å². The summed E-state index contributed by atoms with van der Waals surface area (Å²) in [7, 11) is -5.93. The van der Waals surface area contributed by atoms with Crippen molar-refractivity contribution in [2.75, 3.05) is 13.1 Å². The largest absolute Gasteiger partial charge is 0.399 e. The monoisotopic (exact) mass is 1170 g/mol. The number of benzene rings is 4. The van der Waals surface area contributed by atoms with Crippen molar-refractivity contribution in [3.05, 3.63) is 142 Å². The molecule has 3 fully saturated rings. The third-order valence-corrected chi connectivity index (χ3v) is 16.8. The number of carbonyl (C=O) groups excluding carboxylic acids is 9. The summed E-state index contributed by atoms with van der Waals surface area (Å²) in [6.45, 7) is 0.0633. The third-order valence-electron chi connectivity index (χ3n) is 15.8. The highest BCUT2D eigenvalue weighted by Crippen LogP contribution is 2.59. The maximum absolute atomic E-state index is 15.0. The SMILES string of the molecule is NC(=O)CCC(NC(=O)[C@@H]1CC[C@@H]2CCN(C(=O)CCCCCCC#Cc3ccc4c(c3)CN(C3CCC(=O)NC3=O)C4=O)C[C@H](NC(=O)c3cc4cc(C(F)(F)P(=O)(O)O)ccc4[nH]3)C(=O)N21)C(=O)NC(c1ccccc1)c1ccccc1. The van der Waals surface area contributed by atoms with Crippen LogP contribution < -0.4 is 27.0 Å². The molecule has 5 heterocycles. The van der Waals surface area contributed by atoms with Crippen molar-refractivity contribution in [3.8, 4) is 11.8 Å². The van der Waals surface area contributed by atoms with Crippen molar-refractivity contribution >= 4 is 71.7 Å². The Morgan fingerprint density at radius 3 is 2.23 bits per heavy atom. The first-order chi connectivity index (χ1) is 40.2. The number of H-pyrrole nitrogens is 1. The van der Waals surface area contributed by atoms with Gasteiger partial charge in [-0.2, -0.15) is 8.78 Å². The van der Waals surface area contributed by atoms with Crippen LogP contribution in [0, 0.1) is 11.8 Å². The van der Waals surface area contributed by atoms with E-state index in [1.807, 2.05) is 66.7 Å². The zero-order valence-electron chi connectivity index (χ0n) is 45.7. The van der Waals surface area contributed by atoms with E-state index in [0.717, 1.165) is 47.7 Å². The molecule has 0 saturated carbocycles. The van der Waals surface area contributed by atoms with E-state index in [0.29, 0.717) is 36.8 Å². The lowest BCUT2D eigenvalue weighted by atomic mass is 9.98. The van der Waals surface area contributed by atoms with Crippen molar-refractivity contribution in [1.29, 1.82) is 0 Å². The molecular formula is C60H64F2N9O12P. The Morgan fingerprint density at radius 2 is 1.54 bits per heavy atom. The second kappa shape index (κ2) is 25.9. The number of unbranched alkanes of at least 4 members (excludes halogenated alkanes) is 4. The molecule has 4 aromatic carbocycles. The molecule has 0 bridgehead atoms. The molecule has 5 aromatic rings. The number of amides is 9. The number of hydrogen-bond donors (Lipinski definition) is 8. The Labute approximate surface area is 482 Å². The van der Waals surface area contributed by atoms with Crippen LogP contribution in [0.15, 0.2) is 103 Å². The summed E-state index contributed by atoms with van der Waals surface area (Å²) < 4.78 is 41.1. The first-order valence-corrected chi connectivity index (χ1v) is 29.5. The number of hydrogen-bond acceptors (Lipinski definition) is 10. The minimum absolute atomic E-state index is 0.00292. The maximum Gasteiger partial charge on any atom is 0.399 e. The number of halogens is 2. The maximum atomic E-state index is 15.0. The molecule has 5 atom stereocenters. The molecule has 4 aliphatic rings. The molecule has 24 heteroatoms. The molecule has 2 unspecified atom stereocenters. The van der Waals surface area contributed by atoms with Gasteiger partial charge in [0.2, 0.25) is 41.4 Å². The number of imide groups is 1. The fourth-order valence-corrected chi connectivity index (χ4v) is 11.8. The van der Waals surface area contributed by atoms with Crippen LogP contribution >= 0.6 is 7.60 Å². The zero-order valence-corrected chi connectivity index (χ0v) is 46.6. The highest BCUT2D eigenvalue weighted by atomic mass is 31.2. The lowest BCUT2D eigenvalue weighted by molar-refractivity contribution is -0.145. The molecule has 0 radical (unpaired) electrons. The number of aromatic nitrogens is 1. The Hall–Kier alpha value is -8.58. The molecule has 440 valence electrons. The lowest BCUT2D eigenvalue weighted by Gasteiger charge is -2.39. The quantitative estimate of drug-likeness (QED) is 0.0224. The van der Waals surface area contributed by atoms with Crippen molar-refractivity contribution < 1.29 is 66.3 Å². The average Bonchev–Trinajstić information content (AvgIpc) is 4.00. The van der Waals surface area contributed by atoms with Crippen LogP contribution in [0.3, 0.4) is 0 Å². The van der Waals surface area contributed by atoms with Gasteiger partial charge in [-0.15, -0.1) is 0 Å². The molecule has 9 N–H and O–H groups in total. The summed E-state index contributed by atoms with van der Waals surface area (Å²) in [6, 6.07) is 21.6. The highest BCUT2D eigenvalue weighted by molar-refractivity contribution is 7.52. The lowest BCUT2D eigenvalue weighted by Crippen LogP contribution is -2.62. The van der Waals surface area contributed by atoms with Gasteiger partial charge in [0, 0.05) is 79.0 Å². The third kappa shape index (κ3) is 13.7. The molecule has 1 aromatic heterocycles. The van der Waals surface area contributed by atoms with Gasteiger partial charge in [0.1, 0.15) is 29.9 Å². The molecule has 84 heavy (non-hydrogen) atoms. The number of fused-ring (bicyclic) bond motifs is 3. The van der Waals surface area contributed by atoms with E-state index in [9.17, 15) is 61.5 Å². The van der Waals surface area contributed by atoms with Crippen molar-refractivity contribution in [1.82, 2.24) is 41.0 Å². The number of primary amides is 1. The van der Waals surface area contributed by atoms with E-state index in [2.05, 4.69) is 38.1 Å². The Balaban J connectivity index is 0.861. The number of carbonyl (C=O) groups is 9. The Kier molecular flexibility index (Phi) is 18.5. The van der Waals surface area contributed by atoms with Crippen LogP contribution in [0.2, 0.25) is 0 Å². The van der Waals surface area contributed by atoms with Gasteiger partial charge in [0.15, 0.2) is 0 Å². The van der Waals surface area contributed by atoms with Crippen LogP contribution in [0.5, 0.6) is 0 Å². The zero-order chi connectivity index (χ0) is 59.9. The molecule has 0 aliphatic carbocycles. The van der Waals surface area contributed by atoms with Crippen LogP contribution in [0.1, 0.15) is 138 Å². The minimum Gasteiger partial charge on any atom is -0.370 e. The van der Waals surface area contributed by atoms with E-state index in [-0.39, 0.29) is 98.9 Å². The smallest absolute Gasteiger partial charge is 0.370 e. The molecule has 9 amide bonds. The number of nitrogens with two attached hydrogens (primary N) is 1. The first-order valence-electron chi connectivity index (χ1n) is 27.9. The number of aromatic amines is 1. The van der Waals surface area contributed by atoms with Gasteiger partial charge in [0.05, 0.1) is 6.04 Å². The molecule has 0 spiro atoms. The van der Waals surface area contributed by atoms with Gasteiger partial charge in [-0.25, -0.2) is 0 Å². The number of piperidine rings is 1. The molecule has 4 aliphatic heterocycles. The van der Waals surface area contributed by atoms with E-state index < -0.39 is 90.5 Å². The van der Waals surface area contributed by atoms with Gasteiger partial charge in [-0.3, -0.25) is 53.0 Å². The van der Waals surface area contributed by atoms with Crippen LogP contribution in [0.25, 0.3) is 10.9 Å². The Bertz CT molecular complexity index is 3450. The van der Waals surface area contributed by atoms with Crippen molar-refractivity contribution in [2.45, 2.75) is 132 Å². The van der Waals surface area contributed by atoms with Crippen molar-refractivity contribution in [3.63, 3.8) is 0 Å². The fraction of sp³-hybridized carbons (Fsp3) is 0.383. The standard InChI is InChI=1S/C60H64F2N9O12P/c61-60(62,84(81,82)83)41-20-23-44-39(32-41)33-46(64-44)55(76)66-47-35-69(52(74)18-12-4-2-1-3-7-13-36-19-22-43-40(31-36)34-70(58(43)79)48-26-28-51(73)67-56(48)77)30-29-42-21-25-49(71(42)59(47)80)57(78)65-45(24-27-50(63)72)54(75)68-53(37-14-8-5-9-15-37)38-16-10-6-11-17-38/h5-6,8-11,14-17,19-20,22-23,31-33,42,45,47-49,53,64H,1-4,12,18,21,24-30,34-35H2,(H2,63,72)(H,65,78)(H,66,76)(H,68,75)(H,67,73,77)(H2,81,82,83)/t42-,45?,47+,48?,49+/m1/s1. The second-order valence-electron chi connectivity index (χ2n) is 21.5. The van der Waals surface area contributed by atoms with Gasteiger partial charge in [-0.1, -0.05) is 91.4 Å². The van der Waals surface area contributed by atoms with E-state index >= 15 is 4.79 Å². The topological polar surface area (TPSA) is 311 Å². The van der Waals surface area contributed by atoms with E-state index in [4.69, 9.17) is 5.73 Å². The fourth-order valence-electron chi connectivity index (χ4n) is 11.3. The normalized spacial score (nSPS) is 19.4. The molecule has 3 saturated heterocycles. The van der Waals surface area contributed by atoms with Crippen molar-refractivity contribution in [2.24, 2.45) is 5.73 Å². The summed E-state index contributed by atoms with van der Waals surface area (Å²) in [5.41, 5.74) is 3.40. The van der Waals surface area contributed by atoms with Gasteiger partial charge in [0.25, 0.3) is 11.8 Å². The van der Waals surface area contributed by atoms with Gasteiger partial charge >= 0.3 is 13.3 Å². The number of alkyl halides is 2. The second-order valence-corrected chi connectivity index (χ2v) is 23.2. The average molecular weight is 1170 g/mol. The molecule has 9 rings (SSSR count). The predicted octanol–water partition coefficient (Wildman–Crippen LogP) is 4.89. The summed E-state index contributed by atoms with van der Waals surface area (Å²) >= 11 is 0. The summed E-state index contributed by atoms with van der Waals surface area (Å²) in [5.74, 6) is 1.28. The van der Waals surface area contributed by atoms with Crippen LogP contribution in [-0.2, 0) is 50.3 Å². The van der Waals surface area contributed by atoms with Gasteiger partial charge < -0.3 is 51.2 Å². The predicted molar refractivity (Wildman–Crippen MR) is 301 cm³/mol. The highest BCUT2D eigenvalue weighted by Gasteiger charge is 2.51. The summed E-state index contributed by atoms with van der Waals surface area (Å²) in [5, 5.41) is 10.8.